The predicted octanol–water partition coefficient (Wildman–Crippen LogP) is 3.77. The maximum Gasteiger partial charge on any atom is 0.235 e. The van der Waals surface area contributed by atoms with Gasteiger partial charge in [0.25, 0.3) is 0 Å². The largest absolute Gasteiger partial charge is 0.316 e. The molecule has 3 aromatic rings. The van der Waals surface area contributed by atoms with E-state index in [2.05, 4.69) is 33.8 Å². The molecule has 0 spiro atoms. The van der Waals surface area contributed by atoms with E-state index in [1.54, 1.807) is 4.68 Å². The number of aryl methyl sites for hydroxylation is 2. The first-order chi connectivity index (χ1) is 14.2. The number of carbonyl (C=O) groups is 1. The van der Waals surface area contributed by atoms with E-state index < -0.39 is 0 Å². The molecule has 1 aromatic carbocycles. The number of benzene rings is 1. The molecule has 7 nitrogen and oxygen atoms in total. The van der Waals surface area contributed by atoms with Crippen molar-refractivity contribution < 1.29 is 4.79 Å². The van der Waals surface area contributed by atoms with Gasteiger partial charge in [-0.25, -0.2) is 0 Å². The second-order valence-electron chi connectivity index (χ2n) is 6.76. The van der Waals surface area contributed by atoms with Gasteiger partial charge in [0, 0.05) is 4.88 Å². The van der Waals surface area contributed by atoms with Gasteiger partial charge in [-0.3, -0.25) is 4.79 Å². The lowest BCUT2D eigenvalue weighted by Crippen LogP contribution is -2.14. The van der Waals surface area contributed by atoms with Crippen molar-refractivity contribution in [2.24, 2.45) is 0 Å². The van der Waals surface area contributed by atoms with Crippen molar-refractivity contribution in [2.75, 3.05) is 11.1 Å². The maximum absolute atomic E-state index is 12.5. The van der Waals surface area contributed by atoms with Crippen LogP contribution in [0.5, 0.6) is 0 Å². The second kappa shape index (κ2) is 8.76. The number of tetrazole rings is 1. The van der Waals surface area contributed by atoms with Crippen molar-refractivity contribution in [3.8, 4) is 11.8 Å². The monoisotopic (exact) mass is 424 g/mol. The average molecular weight is 425 g/mol. The molecule has 0 fully saturated rings. The Balaban J connectivity index is 1.43. The molecule has 1 amide bonds. The smallest absolute Gasteiger partial charge is 0.235 e. The average Bonchev–Trinajstić information content (AvgIpc) is 3.36. The summed E-state index contributed by atoms with van der Waals surface area (Å²) >= 11 is 2.80. The van der Waals surface area contributed by atoms with Gasteiger partial charge in [-0.05, 0) is 65.8 Å². The Morgan fingerprint density at radius 2 is 2.10 bits per heavy atom. The van der Waals surface area contributed by atoms with E-state index in [-0.39, 0.29) is 11.7 Å². The fourth-order valence-corrected chi connectivity index (χ4v) is 5.32. The summed E-state index contributed by atoms with van der Waals surface area (Å²) < 4.78 is 1.63. The van der Waals surface area contributed by atoms with Crippen molar-refractivity contribution in [2.45, 2.75) is 44.2 Å². The number of fused-ring (bicyclic) bond motifs is 1. The molecule has 0 radical (unpaired) electrons. The van der Waals surface area contributed by atoms with E-state index in [1.807, 2.05) is 24.3 Å². The number of amides is 1. The van der Waals surface area contributed by atoms with Crippen LogP contribution >= 0.6 is 23.1 Å². The Kier molecular flexibility index (Phi) is 5.92. The van der Waals surface area contributed by atoms with Crippen LogP contribution in [-0.2, 0) is 24.1 Å². The lowest BCUT2D eigenvalue weighted by molar-refractivity contribution is -0.113. The van der Waals surface area contributed by atoms with Crippen LogP contribution in [0.3, 0.4) is 0 Å². The van der Waals surface area contributed by atoms with Gasteiger partial charge in [0.05, 0.1) is 17.0 Å². The molecule has 4 rings (SSSR count). The van der Waals surface area contributed by atoms with E-state index in [0.29, 0.717) is 15.7 Å². The highest BCUT2D eigenvalue weighted by molar-refractivity contribution is 7.99. The van der Waals surface area contributed by atoms with Crippen LogP contribution in [0.4, 0.5) is 5.00 Å². The molecule has 0 atom stereocenters. The molecule has 1 N–H and O–H groups in total. The Morgan fingerprint density at radius 1 is 1.31 bits per heavy atom. The van der Waals surface area contributed by atoms with Gasteiger partial charge in [0.2, 0.25) is 11.1 Å². The van der Waals surface area contributed by atoms with E-state index in [1.165, 1.54) is 33.5 Å². The highest BCUT2D eigenvalue weighted by atomic mass is 32.2. The number of nitrogens with zero attached hydrogens (tertiary/aromatic N) is 5. The molecule has 0 saturated heterocycles. The van der Waals surface area contributed by atoms with Crippen molar-refractivity contribution in [1.82, 2.24) is 20.2 Å². The lowest BCUT2D eigenvalue weighted by Gasteiger charge is -2.09. The topological polar surface area (TPSA) is 96.5 Å². The molecule has 2 aromatic heterocycles. The van der Waals surface area contributed by atoms with Crippen LogP contribution in [0.1, 0.15) is 41.3 Å². The third-order valence-electron chi connectivity index (χ3n) is 4.90. The quantitative estimate of drug-likeness (QED) is 0.605. The van der Waals surface area contributed by atoms with Crippen molar-refractivity contribution in [1.29, 1.82) is 5.26 Å². The molecule has 1 aliphatic carbocycles. The van der Waals surface area contributed by atoms with E-state index in [4.69, 9.17) is 0 Å². The highest BCUT2D eigenvalue weighted by Crippen LogP contribution is 2.37. The number of anilines is 1. The minimum absolute atomic E-state index is 0.166. The summed E-state index contributed by atoms with van der Waals surface area (Å²) in [5, 5.41) is 25.5. The molecule has 0 aliphatic heterocycles. The molecule has 29 heavy (non-hydrogen) atoms. The predicted molar refractivity (Wildman–Crippen MR) is 114 cm³/mol. The molecule has 148 valence electrons. The van der Waals surface area contributed by atoms with Crippen LogP contribution < -0.4 is 5.32 Å². The molecule has 9 heteroatoms. The van der Waals surface area contributed by atoms with Crippen LogP contribution in [0.15, 0.2) is 29.4 Å². The highest BCUT2D eigenvalue weighted by Gasteiger charge is 2.22. The molecule has 2 heterocycles. The Hall–Kier alpha value is -2.70. The van der Waals surface area contributed by atoms with Gasteiger partial charge in [-0.1, -0.05) is 30.8 Å². The Labute approximate surface area is 177 Å². The van der Waals surface area contributed by atoms with Crippen LogP contribution in [-0.4, -0.2) is 31.9 Å². The van der Waals surface area contributed by atoms with Crippen LogP contribution in [0.25, 0.3) is 5.69 Å². The molecule has 1 aliphatic rings. The van der Waals surface area contributed by atoms with Crippen molar-refractivity contribution >= 4 is 34.0 Å². The summed E-state index contributed by atoms with van der Waals surface area (Å²) in [6, 6.07) is 10.3. The summed E-state index contributed by atoms with van der Waals surface area (Å²) in [5.74, 6) is 0.00175. The molecule has 0 bridgehead atoms. The minimum atomic E-state index is -0.166. The minimum Gasteiger partial charge on any atom is -0.316 e. The zero-order valence-corrected chi connectivity index (χ0v) is 17.6. The fourth-order valence-electron chi connectivity index (χ4n) is 3.37. The molecular weight excluding hydrogens is 404 g/mol. The first-order valence-corrected chi connectivity index (χ1v) is 11.3. The first-order valence-electron chi connectivity index (χ1n) is 9.54. The maximum atomic E-state index is 12.5. The number of rotatable bonds is 6. The van der Waals surface area contributed by atoms with E-state index in [0.717, 1.165) is 43.4 Å². The van der Waals surface area contributed by atoms with E-state index >= 15 is 0 Å². The number of carbonyl (C=O) groups excluding carboxylic acids is 1. The van der Waals surface area contributed by atoms with Crippen LogP contribution in [0.2, 0.25) is 0 Å². The number of nitriles is 1. The molecular formula is C20H20N6OS2. The summed E-state index contributed by atoms with van der Waals surface area (Å²) in [7, 11) is 0. The second-order valence-corrected chi connectivity index (χ2v) is 8.80. The number of nitrogens with one attached hydrogen (secondary N) is 1. The summed E-state index contributed by atoms with van der Waals surface area (Å²) in [4.78, 5) is 13.7. The van der Waals surface area contributed by atoms with Crippen LogP contribution in [0, 0.1) is 11.3 Å². The summed E-state index contributed by atoms with van der Waals surface area (Å²) in [6.45, 7) is 2.10. The third kappa shape index (κ3) is 4.18. The lowest BCUT2D eigenvalue weighted by atomic mass is 9.96. The number of thioether (sulfide) groups is 1. The van der Waals surface area contributed by atoms with Gasteiger partial charge >= 0.3 is 0 Å². The zero-order valence-electron chi connectivity index (χ0n) is 16.0. The van der Waals surface area contributed by atoms with Crippen molar-refractivity contribution in [3.63, 3.8) is 0 Å². The summed E-state index contributed by atoms with van der Waals surface area (Å²) in [6.07, 6.45) is 5.12. The Morgan fingerprint density at radius 3 is 2.86 bits per heavy atom. The number of thiophene rings is 1. The molecule has 0 saturated carbocycles. The molecule has 0 unspecified atom stereocenters. The number of aromatic nitrogens is 4. The summed E-state index contributed by atoms with van der Waals surface area (Å²) in [5.41, 5.74) is 3.84. The fraction of sp³-hybridized carbons (Fsp3) is 0.350. The normalized spacial score (nSPS) is 13.0. The third-order valence-corrected chi connectivity index (χ3v) is 7.03. The van der Waals surface area contributed by atoms with Gasteiger partial charge in [0.15, 0.2) is 0 Å². The van der Waals surface area contributed by atoms with E-state index in [9.17, 15) is 10.1 Å². The first kappa shape index (κ1) is 19.6. The van der Waals surface area contributed by atoms with Gasteiger partial charge in [0.1, 0.15) is 11.1 Å². The SMILES string of the molecule is CCc1ccc(-n2nnnc2SCC(=O)Nc2sc3c(c2C#N)CCCC3)cc1. The Bertz CT molecular complexity index is 1060. The zero-order chi connectivity index (χ0) is 20.2. The standard InChI is InChI=1S/C20H20N6OS2/c1-2-13-7-9-14(10-8-13)26-20(23-24-25-26)28-12-18(27)22-19-16(11-21)15-5-3-4-6-17(15)29-19/h7-10H,2-6,12H2,1H3,(H,22,27). The van der Waals surface area contributed by atoms with Gasteiger partial charge < -0.3 is 5.32 Å². The van der Waals surface area contributed by atoms with Crippen molar-refractivity contribution in [3.05, 3.63) is 45.8 Å². The number of hydrogen-bond acceptors (Lipinski definition) is 7. The van der Waals surface area contributed by atoms with Gasteiger partial charge in [-0.2, -0.15) is 9.94 Å². The number of hydrogen-bond donors (Lipinski definition) is 1. The van der Waals surface area contributed by atoms with Gasteiger partial charge in [-0.15, -0.1) is 16.4 Å².